The zero-order valence-corrected chi connectivity index (χ0v) is 15.6. The molecule has 1 saturated heterocycles. The lowest BCUT2D eigenvalue weighted by molar-refractivity contribution is -0.135. The number of halogens is 1. The Morgan fingerprint density at radius 2 is 1.85 bits per heavy atom. The molecule has 1 atom stereocenters. The standard InChI is InChI=1S/C19H24N4O2.ClH/c20-19(11-5-6-12-19)18-21-17(25-22-18)16(14-8-2-1-3-9-14)23-13-7-4-10-15(23)24;/h1-3,8-9,16H,4-7,10-13,20H2;1H. The van der Waals surface area contributed by atoms with E-state index >= 15 is 0 Å². The van der Waals surface area contributed by atoms with Gasteiger partial charge in [-0.15, -0.1) is 12.4 Å². The molecule has 2 heterocycles. The first kappa shape index (κ1) is 18.9. The Morgan fingerprint density at radius 3 is 2.54 bits per heavy atom. The number of amides is 1. The minimum atomic E-state index is -0.491. The maximum absolute atomic E-state index is 12.5. The molecular weight excluding hydrogens is 352 g/mol. The van der Waals surface area contributed by atoms with Crippen LogP contribution >= 0.6 is 12.4 Å². The molecule has 2 aromatic rings. The molecule has 26 heavy (non-hydrogen) atoms. The van der Waals surface area contributed by atoms with E-state index in [1.54, 1.807) is 0 Å². The van der Waals surface area contributed by atoms with Crippen LogP contribution in [0.15, 0.2) is 34.9 Å². The van der Waals surface area contributed by atoms with Crippen molar-refractivity contribution in [2.45, 2.75) is 56.5 Å². The maximum atomic E-state index is 12.5. The fourth-order valence-corrected chi connectivity index (χ4v) is 3.97. The summed E-state index contributed by atoms with van der Waals surface area (Å²) in [6, 6.07) is 9.57. The smallest absolute Gasteiger partial charge is 0.254 e. The van der Waals surface area contributed by atoms with Gasteiger partial charge in [0.25, 0.3) is 5.89 Å². The fourth-order valence-electron chi connectivity index (χ4n) is 3.97. The Labute approximate surface area is 159 Å². The monoisotopic (exact) mass is 376 g/mol. The van der Waals surface area contributed by atoms with Gasteiger partial charge in [-0.3, -0.25) is 4.79 Å². The number of aromatic nitrogens is 2. The quantitative estimate of drug-likeness (QED) is 0.884. The highest BCUT2D eigenvalue weighted by Crippen LogP contribution is 2.37. The van der Waals surface area contributed by atoms with E-state index in [9.17, 15) is 4.79 Å². The number of rotatable bonds is 4. The summed E-state index contributed by atoms with van der Waals surface area (Å²) in [5.74, 6) is 1.18. The van der Waals surface area contributed by atoms with Crippen molar-refractivity contribution in [3.63, 3.8) is 0 Å². The van der Waals surface area contributed by atoms with Crippen LogP contribution in [0.3, 0.4) is 0 Å². The number of carbonyl (C=O) groups is 1. The molecule has 1 amide bonds. The Hall–Kier alpha value is -1.92. The summed E-state index contributed by atoms with van der Waals surface area (Å²) >= 11 is 0. The SMILES string of the molecule is Cl.NC1(c2noc(C(c3ccccc3)N3CCCCC3=O)n2)CCCC1. The highest BCUT2D eigenvalue weighted by molar-refractivity contribution is 5.85. The largest absolute Gasteiger partial charge is 0.337 e. The zero-order chi connectivity index (χ0) is 17.3. The van der Waals surface area contributed by atoms with Gasteiger partial charge in [0.05, 0.1) is 5.54 Å². The lowest BCUT2D eigenvalue weighted by atomic mass is 9.98. The molecule has 1 aromatic carbocycles. The molecule has 2 fully saturated rings. The van der Waals surface area contributed by atoms with Crippen LogP contribution in [0.25, 0.3) is 0 Å². The third-order valence-electron chi connectivity index (χ3n) is 5.40. The normalized spacial score (nSPS) is 20.7. The first-order valence-electron chi connectivity index (χ1n) is 9.15. The van der Waals surface area contributed by atoms with E-state index in [4.69, 9.17) is 10.3 Å². The van der Waals surface area contributed by atoms with Gasteiger partial charge in [-0.25, -0.2) is 0 Å². The molecule has 2 aliphatic rings. The number of nitrogens with zero attached hydrogens (tertiary/aromatic N) is 3. The van der Waals surface area contributed by atoms with Crippen molar-refractivity contribution < 1.29 is 9.32 Å². The first-order valence-corrected chi connectivity index (χ1v) is 9.15. The number of hydrogen-bond donors (Lipinski definition) is 1. The molecule has 1 aliphatic carbocycles. The Bertz CT molecular complexity index is 743. The van der Waals surface area contributed by atoms with Gasteiger partial charge >= 0.3 is 0 Å². The van der Waals surface area contributed by atoms with Crippen molar-refractivity contribution in [2.24, 2.45) is 5.73 Å². The van der Waals surface area contributed by atoms with Gasteiger partial charge in [0, 0.05) is 13.0 Å². The van der Waals surface area contributed by atoms with Gasteiger partial charge in [-0.2, -0.15) is 4.98 Å². The van der Waals surface area contributed by atoms with E-state index in [2.05, 4.69) is 10.1 Å². The minimum absolute atomic E-state index is 0. The lowest BCUT2D eigenvalue weighted by Crippen LogP contribution is -2.39. The van der Waals surface area contributed by atoms with Crippen molar-refractivity contribution in [1.82, 2.24) is 15.0 Å². The van der Waals surface area contributed by atoms with E-state index < -0.39 is 5.54 Å². The van der Waals surface area contributed by atoms with E-state index in [0.717, 1.165) is 44.1 Å². The summed E-state index contributed by atoms with van der Waals surface area (Å²) < 4.78 is 5.63. The molecule has 4 rings (SSSR count). The molecule has 0 bridgehead atoms. The number of hydrogen-bond acceptors (Lipinski definition) is 5. The molecule has 1 saturated carbocycles. The average molecular weight is 377 g/mol. The van der Waals surface area contributed by atoms with Crippen LogP contribution in [0.2, 0.25) is 0 Å². The summed E-state index contributed by atoms with van der Waals surface area (Å²) in [5, 5.41) is 4.19. The van der Waals surface area contributed by atoms with Crippen LogP contribution < -0.4 is 5.73 Å². The fraction of sp³-hybridized carbons (Fsp3) is 0.526. The second-order valence-corrected chi connectivity index (χ2v) is 7.18. The number of nitrogens with two attached hydrogens (primary N) is 1. The van der Waals surface area contributed by atoms with Gasteiger partial charge in [0.15, 0.2) is 5.82 Å². The van der Waals surface area contributed by atoms with Gasteiger partial charge in [-0.1, -0.05) is 48.3 Å². The van der Waals surface area contributed by atoms with Crippen molar-refractivity contribution in [2.75, 3.05) is 6.54 Å². The van der Waals surface area contributed by atoms with Crippen molar-refractivity contribution in [1.29, 1.82) is 0 Å². The number of likely N-dealkylation sites (tertiary alicyclic amines) is 1. The van der Waals surface area contributed by atoms with Crippen LogP contribution in [0.5, 0.6) is 0 Å². The van der Waals surface area contributed by atoms with E-state index in [0.29, 0.717) is 24.7 Å². The highest BCUT2D eigenvalue weighted by atomic mass is 35.5. The number of carbonyl (C=O) groups excluding carboxylic acids is 1. The molecular formula is C19H25ClN4O2. The molecule has 1 aliphatic heterocycles. The highest BCUT2D eigenvalue weighted by Gasteiger charge is 2.38. The van der Waals surface area contributed by atoms with Gasteiger partial charge in [0.1, 0.15) is 6.04 Å². The molecule has 1 unspecified atom stereocenters. The Kier molecular flexibility index (Phi) is 5.63. The molecule has 1 aromatic heterocycles. The van der Waals surface area contributed by atoms with Crippen molar-refractivity contribution in [3.8, 4) is 0 Å². The third-order valence-corrected chi connectivity index (χ3v) is 5.40. The van der Waals surface area contributed by atoms with Crippen LogP contribution in [-0.4, -0.2) is 27.5 Å². The average Bonchev–Trinajstić information content (AvgIpc) is 3.28. The van der Waals surface area contributed by atoms with Gasteiger partial charge in [-0.05, 0) is 31.2 Å². The summed E-state index contributed by atoms with van der Waals surface area (Å²) in [4.78, 5) is 19.0. The Balaban J connectivity index is 0.00000196. The second kappa shape index (κ2) is 7.76. The molecule has 7 heteroatoms. The maximum Gasteiger partial charge on any atom is 0.254 e. The second-order valence-electron chi connectivity index (χ2n) is 7.18. The van der Waals surface area contributed by atoms with Crippen molar-refractivity contribution >= 4 is 18.3 Å². The van der Waals surface area contributed by atoms with Gasteiger partial charge in [0.2, 0.25) is 5.91 Å². The van der Waals surface area contributed by atoms with Crippen LogP contribution in [0.4, 0.5) is 0 Å². The van der Waals surface area contributed by atoms with E-state index in [1.807, 2.05) is 35.2 Å². The summed E-state index contributed by atoms with van der Waals surface area (Å²) in [6.45, 7) is 0.712. The summed E-state index contributed by atoms with van der Waals surface area (Å²) in [6.07, 6.45) is 6.45. The third kappa shape index (κ3) is 3.48. The minimum Gasteiger partial charge on any atom is -0.337 e. The van der Waals surface area contributed by atoms with Crippen LogP contribution in [0.1, 0.15) is 68.3 Å². The molecule has 2 N–H and O–H groups in total. The topological polar surface area (TPSA) is 85.2 Å². The summed E-state index contributed by atoms with van der Waals surface area (Å²) in [5.41, 5.74) is 6.97. The predicted octanol–water partition coefficient (Wildman–Crippen LogP) is 3.32. The number of piperidine rings is 1. The first-order chi connectivity index (χ1) is 12.2. The Morgan fingerprint density at radius 1 is 1.12 bits per heavy atom. The summed E-state index contributed by atoms with van der Waals surface area (Å²) in [7, 11) is 0. The zero-order valence-electron chi connectivity index (χ0n) is 14.8. The molecule has 6 nitrogen and oxygen atoms in total. The molecule has 0 radical (unpaired) electrons. The lowest BCUT2D eigenvalue weighted by Gasteiger charge is -2.32. The van der Waals surface area contributed by atoms with Gasteiger partial charge < -0.3 is 15.2 Å². The predicted molar refractivity (Wildman–Crippen MR) is 99.7 cm³/mol. The van der Waals surface area contributed by atoms with E-state index in [-0.39, 0.29) is 24.4 Å². The van der Waals surface area contributed by atoms with Crippen molar-refractivity contribution in [3.05, 3.63) is 47.6 Å². The molecule has 140 valence electrons. The van der Waals surface area contributed by atoms with E-state index in [1.165, 1.54) is 0 Å². The van der Waals surface area contributed by atoms with Crippen LogP contribution in [-0.2, 0) is 10.3 Å². The number of benzene rings is 1. The van der Waals surface area contributed by atoms with Crippen LogP contribution in [0, 0.1) is 0 Å². The molecule has 0 spiro atoms.